The number of hydrogen-bond acceptors (Lipinski definition) is 2. The SMILES string of the molecule is O=C(CCC1CCCCC1)c1c[nH]c2ncc(Br)cc12. The second kappa shape index (κ2) is 6.08. The zero-order chi connectivity index (χ0) is 13.9. The lowest BCUT2D eigenvalue weighted by atomic mass is 9.85. The highest BCUT2D eigenvalue weighted by atomic mass is 79.9. The number of rotatable bonds is 4. The Bertz CT molecular complexity index is 614. The van der Waals surface area contributed by atoms with Gasteiger partial charge in [0, 0.05) is 34.2 Å². The highest BCUT2D eigenvalue weighted by Gasteiger charge is 2.17. The van der Waals surface area contributed by atoms with Gasteiger partial charge in [0.15, 0.2) is 5.78 Å². The number of halogens is 1. The molecular weight excluding hydrogens is 316 g/mol. The minimum atomic E-state index is 0.238. The van der Waals surface area contributed by atoms with Crippen molar-refractivity contribution in [3.05, 3.63) is 28.5 Å². The van der Waals surface area contributed by atoms with Crippen molar-refractivity contribution in [3.8, 4) is 0 Å². The van der Waals surface area contributed by atoms with E-state index >= 15 is 0 Å². The normalized spacial score (nSPS) is 16.6. The number of aromatic nitrogens is 2. The number of ketones is 1. The van der Waals surface area contributed by atoms with E-state index in [4.69, 9.17) is 0 Å². The number of nitrogens with one attached hydrogen (secondary N) is 1. The van der Waals surface area contributed by atoms with Gasteiger partial charge in [-0.25, -0.2) is 4.98 Å². The molecule has 2 heterocycles. The Balaban J connectivity index is 1.70. The Morgan fingerprint density at radius 3 is 2.95 bits per heavy atom. The molecule has 0 aliphatic heterocycles. The van der Waals surface area contributed by atoms with Crippen LogP contribution in [0.3, 0.4) is 0 Å². The van der Waals surface area contributed by atoms with E-state index in [1.54, 1.807) is 12.4 Å². The molecule has 1 N–H and O–H groups in total. The Labute approximate surface area is 127 Å². The van der Waals surface area contributed by atoms with Crippen molar-refractivity contribution in [2.75, 3.05) is 0 Å². The van der Waals surface area contributed by atoms with Crippen LogP contribution in [0, 0.1) is 5.92 Å². The van der Waals surface area contributed by atoms with Gasteiger partial charge in [0.2, 0.25) is 0 Å². The summed E-state index contributed by atoms with van der Waals surface area (Å²) in [6.07, 6.45) is 11.9. The van der Waals surface area contributed by atoms with Crippen LogP contribution in [0.5, 0.6) is 0 Å². The molecule has 0 aromatic carbocycles. The van der Waals surface area contributed by atoms with Crippen molar-refractivity contribution in [3.63, 3.8) is 0 Å². The minimum absolute atomic E-state index is 0.238. The van der Waals surface area contributed by atoms with Gasteiger partial charge in [-0.3, -0.25) is 4.79 Å². The summed E-state index contributed by atoms with van der Waals surface area (Å²) in [6, 6.07) is 1.96. The number of Topliss-reactive ketones (excluding diaryl/α,β-unsaturated/α-hetero) is 1. The zero-order valence-electron chi connectivity index (χ0n) is 11.5. The van der Waals surface area contributed by atoms with Gasteiger partial charge < -0.3 is 4.98 Å². The van der Waals surface area contributed by atoms with Crippen LogP contribution in [0.25, 0.3) is 11.0 Å². The van der Waals surface area contributed by atoms with Gasteiger partial charge in [-0.05, 0) is 34.3 Å². The van der Waals surface area contributed by atoms with E-state index in [0.29, 0.717) is 6.42 Å². The first-order valence-corrected chi connectivity index (χ1v) is 8.19. The van der Waals surface area contributed by atoms with Crippen LogP contribution < -0.4 is 0 Å². The Hall–Kier alpha value is -1.16. The molecule has 20 heavy (non-hydrogen) atoms. The zero-order valence-corrected chi connectivity index (χ0v) is 13.1. The molecule has 0 saturated heterocycles. The average molecular weight is 335 g/mol. The summed E-state index contributed by atoms with van der Waals surface area (Å²) in [4.78, 5) is 19.8. The number of aromatic amines is 1. The molecule has 0 bridgehead atoms. The largest absolute Gasteiger partial charge is 0.345 e. The van der Waals surface area contributed by atoms with Gasteiger partial charge >= 0.3 is 0 Å². The van der Waals surface area contributed by atoms with E-state index in [0.717, 1.165) is 33.4 Å². The lowest BCUT2D eigenvalue weighted by molar-refractivity contribution is 0.0972. The summed E-state index contributed by atoms with van der Waals surface area (Å²) < 4.78 is 0.908. The standard InChI is InChI=1S/C16H19BrN2O/c17-12-8-13-14(10-19-16(13)18-9-12)15(20)7-6-11-4-2-1-3-5-11/h8-11H,1-7H2,(H,18,19). The molecule has 0 unspecified atom stereocenters. The molecule has 2 aromatic heterocycles. The molecule has 2 aromatic rings. The van der Waals surface area contributed by atoms with Crippen LogP contribution in [0.15, 0.2) is 22.9 Å². The Kier molecular flexibility index (Phi) is 4.20. The molecule has 1 aliphatic rings. The van der Waals surface area contributed by atoms with Crippen molar-refractivity contribution in [1.29, 1.82) is 0 Å². The highest BCUT2D eigenvalue weighted by molar-refractivity contribution is 9.10. The fraction of sp³-hybridized carbons (Fsp3) is 0.500. The number of fused-ring (bicyclic) bond motifs is 1. The molecular formula is C16H19BrN2O. The topological polar surface area (TPSA) is 45.8 Å². The molecule has 1 aliphatic carbocycles. The first-order chi connectivity index (χ1) is 9.74. The molecule has 3 rings (SSSR count). The van der Waals surface area contributed by atoms with E-state index in [9.17, 15) is 4.79 Å². The number of hydrogen-bond donors (Lipinski definition) is 1. The summed E-state index contributed by atoms with van der Waals surface area (Å²) in [5.74, 6) is 0.990. The average Bonchev–Trinajstić information content (AvgIpc) is 2.89. The first-order valence-electron chi connectivity index (χ1n) is 7.40. The molecule has 0 amide bonds. The van der Waals surface area contributed by atoms with Crippen molar-refractivity contribution in [2.45, 2.75) is 44.9 Å². The predicted molar refractivity (Wildman–Crippen MR) is 83.9 cm³/mol. The van der Waals surface area contributed by atoms with E-state index < -0.39 is 0 Å². The third kappa shape index (κ3) is 2.95. The van der Waals surface area contributed by atoms with Crippen LogP contribution >= 0.6 is 15.9 Å². The lowest BCUT2D eigenvalue weighted by Gasteiger charge is -2.20. The Morgan fingerprint density at radius 2 is 2.15 bits per heavy atom. The number of carbonyl (C=O) groups is 1. The van der Waals surface area contributed by atoms with Crippen molar-refractivity contribution in [1.82, 2.24) is 9.97 Å². The maximum absolute atomic E-state index is 12.4. The molecule has 1 fully saturated rings. The van der Waals surface area contributed by atoms with Gasteiger partial charge in [0.25, 0.3) is 0 Å². The molecule has 0 spiro atoms. The van der Waals surface area contributed by atoms with Gasteiger partial charge in [0.05, 0.1) is 0 Å². The fourth-order valence-corrected chi connectivity index (χ4v) is 3.49. The van der Waals surface area contributed by atoms with Crippen molar-refractivity contribution < 1.29 is 4.79 Å². The number of nitrogens with zero attached hydrogens (tertiary/aromatic N) is 1. The third-order valence-corrected chi connectivity index (χ3v) is 4.74. The summed E-state index contributed by atoms with van der Waals surface area (Å²) in [7, 11) is 0. The summed E-state index contributed by atoms with van der Waals surface area (Å²) >= 11 is 3.41. The van der Waals surface area contributed by atoms with Gasteiger partial charge in [0.1, 0.15) is 5.65 Å². The Morgan fingerprint density at radius 1 is 1.35 bits per heavy atom. The highest BCUT2D eigenvalue weighted by Crippen LogP contribution is 2.29. The van der Waals surface area contributed by atoms with Crippen molar-refractivity contribution >= 4 is 32.7 Å². The van der Waals surface area contributed by atoms with Crippen LogP contribution in [-0.2, 0) is 0 Å². The summed E-state index contributed by atoms with van der Waals surface area (Å²) in [6.45, 7) is 0. The maximum Gasteiger partial charge on any atom is 0.165 e. The van der Waals surface area contributed by atoms with E-state index in [1.807, 2.05) is 6.07 Å². The molecule has 1 saturated carbocycles. The number of carbonyl (C=O) groups excluding carboxylic acids is 1. The number of H-pyrrole nitrogens is 1. The van der Waals surface area contributed by atoms with Gasteiger partial charge in [-0.15, -0.1) is 0 Å². The molecule has 4 heteroatoms. The summed E-state index contributed by atoms with van der Waals surface area (Å²) in [5, 5.41) is 0.924. The van der Waals surface area contributed by atoms with E-state index in [-0.39, 0.29) is 5.78 Å². The fourth-order valence-electron chi connectivity index (χ4n) is 3.15. The second-order valence-corrected chi connectivity index (χ2v) is 6.63. The quantitative estimate of drug-likeness (QED) is 0.810. The van der Waals surface area contributed by atoms with Gasteiger partial charge in [-0.2, -0.15) is 0 Å². The van der Waals surface area contributed by atoms with E-state index in [2.05, 4.69) is 25.9 Å². The first kappa shape index (κ1) is 13.8. The maximum atomic E-state index is 12.4. The number of pyridine rings is 1. The molecule has 106 valence electrons. The smallest absolute Gasteiger partial charge is 0.165 e. The van der Waals surface area contributed by atoms with Crippen LogP contribution in [0.4, 0.5) is 0 Å². The van der Waals surface area contributed by atoms with Crippen molar-refractivity contribution in [2.24, 2.45) is 5.92 Å². The van der Waals surface area contributed by atoms with E-state index in [1.165, 1.54) is 32.1 Å². The molecule has 0 radical (unpaired) electrons. The monoisotopic (exact) mass is 334 g/mol. The molecule has 0 atom stereocenters. The lowest BCUT2D eigenvalue weighted by Crippen LogP contribution is -2.09. The van der Waals surface area contributed by atoms with Gasteiger partial charge in [-0.1, -0.05) is 32.1 Å². The van der Waals surface area contributed by atoms with Crippen LogP contribution in [-0.4, -0.2) is 15.8 Å². The predicted octanol–water partition coefficient (Wildman–Crippen LogP) is 4.87. The van der Waals surface area contributed by atoms with Crippen LogP contribution in [0.2, 0.25) is 0 Å². The second-order valence-electron chi connectivity index (χ2n) is 5.72. The summed E-state index contributed by atoms with van der Waals surface area (Å²) in [5.41, 5.74) is 1.57. The van der Waals surface area contributed by atoms with Crippen LogP contribution in [0.1, 0.15) is 55.3 Å². The molecule has 3 nitrogen and oxygen atoms in total. The minimum Gasteiger partial charge on any atom is -0.345 e. The third-order valence-electron chi connectivity index (χ3n) is 4.30.